The van der Waals surface area contributed by atoms with Crippen molar-refractivity contribution in [1.29, 1.82) is 0 Å². The monoisotopic (exact) mass is 580 g/mol. The Hall–Kier alpha value is -3.29. The van der Waals surface area contributed by atoms with E-state index in [2.05, 4.69) is 0 Å². The first-order valence-electron chi connectivity index (χ1n) is 13.2. The van der Waals surface area contributed by atoms with Crippen LogP contribution in [0.4, 0.5) is 0 Å². The van der Waals surface area contributed by atoms with Crippen LogP contribution in [0, 0.1) is 11.3 Å². The smallest absolute Gasteiger partial charge is 0.342 e. The fourth-order valence-corrected chi connectivity index (χ4v) is 6.84. The van der Waals surface area contributed by atoms with Crippen LogP contribution in [0.3, 0.4) is 0 Å². The lowest BCUT2D eigenvalue weighted by atomic mass is 9.55. The Morgan fingerprint density at radius 3 is 1.93 bits per heavy atom. The van der Waals surface area contributed by atoms with Gasteiger partial charge in [-0.25, -0.2) is 4.79 Å². The topological polar surface area (TPSA) is 184 Å². The summed E-state index contributed by atoms with van der Waals surface area (Å²) in [4.78, 5) is 63.0. The summed E-state index contributed by atoms with van der Waals surface area (Å²) in [6, 6.07) is 0. The fraction of sp³-hybridized carbons (Fsp3) is 0.679. The molecule has 2 aliphatic heterocycles. The van der Waals surface area contributed by atoms with E-state index in [0.29, 0.717) is 0 Å². The third-order valence-corrected chi connectivity index (χ3v) is 8.64. The maximum atomic E-state index is 13.1. The summed E-state index contributed by atoms with van der Waals surface area (Å²) < 4.78 is 34.7. The Morgan fingerprint density at radius 1 is 0.878 bits per heavy atom. The van der Waals surface area contributed by atoms with Gasteiger partial charge in [0.05, 0.1) is 5.60 Å². The number of hydrogen-bond acceptors (Lipinski definition) is 13. The summed E-state index contributed by atoms with van der Waals surface area (Å²) >= 11 is 0. The molecule has 0 saturated carbocycles. The van der Waals surface area contributed by atoms with Crippen LogP contribution in [-0.2, 0) is 52.4 Å². The van der Waals surface area contributed by atoms with Gasteiger partial charge in [-0.3, -0.25) is 19.2 Å². The van der Waals surface area contributed by atoms with Gasteiger partial charge in [0.15, 0.2) is 35.6 Å². The summed E-state index contributed by atoms with van der Waals surface area (Å²) in [6.45, 7) is 10.3. The van der Waals surface area contributed by atoms with Gasteiger partial charge in [-0.2, -0.15) is 0 Å². The van der Waals surface area contributed by atoms with Crippen molar-refractivity contribution in [3.05, 3.63) is 23.8 Å². The number of carbonyl (C=O) groups excluding carboxylic acids is 5. The highest BCUT2D eigenvalue weighted by Gasteiger charge is 2.88. The molecule has 4 rings (SSSR count). The average molecular weight is 581 g/mol. The van der Waals surface area contributed by atoms with Crippen LogP contribution >= 0.6 is 0 Å². The number of fused-ring (bicyclic) bond motifs is 1. The average Bonchev–Trinajstić information content (AvgIpc) is 3.42. The van der Waals surface area contributed by atoms with E-state index in [-0.39, 0.29) is 5.57 Å². The van der Waals surface area contributed by atoms with Crippen LogP contribution < -0.4 is 0 Å². The predicted octanol–water partition coefficient (Wildman–Crippen LogP) is 0.430. The number of aliphatic hydroxyl groups excluding tert-OH is 1. The third kappa shape index (κ3) is 4.63. The molecule has 0 radical (unpaired) electrons. The van der Waals surface area contributed by atoms with Gasteiger partial charge in [0, 0.05) is 39.0 Å². The summed E-state index contributed by atoms with van der Waals surface area (Å²) in [6.07, 6.45) is -4.44. The summed E-state index contributed by atoms with van der Waals surface area (Å²) in [5, 5.41) is 22.9. The zero-order chi connectivity index (χ0) is 30.9. The number of aliphatic hydroxyl groups is 2. The van der Waals surface area contributed by atoms with E-state index >= 15 is 0 Å². The molecule has 2 N–H and O–H groups in total. The molecule has 13 nitrogen and oxygen atoms in total. The molecule has 0 unspecified atom stereocenters. The van der Waals surface area contributed by atoms with Crippen molar-refractivity contribution in [3.63, 3.8) is 0 Å². The molecule has 226 valence electrons. The molecular weight excluding hydrogens is 544 g/mol. The van der Waals surface area contributed by atoms with Gasteiger partial charge in [0.1, 0.15) is 12.2 Å². The van der Waals surface area contributed by atoms with E-state index in [9.17, 15) is 34.2 Å². The fourth-order valence-electron chi connectivity index (χ4n) is 6.84. The molecule has 0 aromatic carbocycles. The molecule has 11 atom stereocenters. The lowest BCUT2D eigenvalue weighted by molar-refractivity contribution is -0.230. The maximum absolute atomic E-state index is 13.1. The molecule has 2 saturated heterocycles. The van der Waals surface area contributed by atoms with E-state index in [4.69, 9.17) is 28.4 Å². The van der Waals surface area contributed by atoms with Crippen molar-refractivity contribution < 1.29 is 62.6 Å². The van der Waals surface area contributed by atoms with Crippen LogP contribution in [0.25, 0.3) is 0 Å². The van der Waals surface area contributed by atoms with E-state index < -0.39 is 94.6 Å². The number of hydrogen-bond donors (Lipinski definition) is 2. The van der Waals surface area contributed by atoms with Crippen molar-refractivity contribution in [1.82, 2.24) is 0 Å². The molecule has 13 heteroatoms. The molecule has 2 heterocycles. The van der Waals surface area contributed by atoms with Gasteiger partial charge in [0.25, 0.3) is 0 Å². The Kier molecular flexibility index (Phi) is 7.42. The van der Waals surface area contributed by atoms with Gasteiger partial charge in [-0.05, 0) is 32.4 Å². The summed E-state index contributed by atoms with van der Waals surface area (Å²) in [7, 11) is 0. The number of carbonyl (C=O) groups is 5. The number of rotatable bonds is 4. The van der Waals surface area contributed by atoms with Crippen LogP contribution in [0.15, 0.2) is 23.8 Å². The lowest BCUT2D eigenvalue weighted by Gasteiger charge is -2.55. The molecule has 1 spiro atoms. The van der Waals surface area contributed by atoms with Crippen molar-refractivity contribution in [2.45, 2.75) is 109 Å². The van der Waals surface area contributed by atoms with Crippen LogP contribution in [-0.4, -0.2) is 93.5 Å². The van der Waals surface area contributed by atoms with Crippen LogP contribution in [0.1, 0.15) is 55.4 Å². The van der Waals surface area contributed by atoms with Crippen molar-refractivity contribution in [3.8, 4) is 0 Å². The molecule has 2 aliphatic carbocycles. The molecule has 0 bridgehead atoms. The second-order valence-electron chi connectivity index (χ2n) is 11.7. The third-order valence-electron chi connectivity index (χ3n) is 8.64. The Balaban J connectivity index is 2.12. The number of epoxide rings is 1. The Bertz CT molecular complexity index is 1240. The second kappa shape index (κ2) is 9.92. The lowest BCUT2D eigenvalue weighted by Crippen LogP contribution is -2.69. The van der Waals surface area contributed by atoms with E-state index in [1.165, 1.54) is 39.0 Å². The first kappa shape index (κ1) is 30.7. The zero-order valence-corrected chi connectivity index (χ0v) is 24.2. The molecule has 4 aliphatic rings. The molecular formula is C28H36O13. The minimum absolute atomic E-state index is 0.246. The van der Waals surface area contributed by atoms with E-state index in [0.717, 1.165) is 27.7 Å². The van der Waals surface area contributed by atoms with Crippen LogP contribution in [0.2, 0.25) is 0 Å². The first-order valence-corrected chi connectivity index (χ1v) is 13.2. The largest absolute Gasteiger partial charge is 0.459 e. The van der Waals surface area contributed by atoms with Gasteiger partial charge >= 0.3 is 29.8 Å². The second-order valence-corrected chi connectivity index (χ2v) is 11.7. The van der Waals surface area contributed by atoms with E-state index in [1.54, 1.807) is 6.92 Å². The minimum Gasteiger partial charge on any atom is -0.459 e. The molecule has 41 heavy (non-hydrogen) atoms. The molecule has 0 aromatic rings. The van der Waals surface area contributed by atoms with Gasteiger partial charge in [-0.1, -0.05) is 19.1 Å². The highest BCUT2D eigenvalue weighted by molar-refractivity contribution is 5.89. The molecule has 0 aromatic heterocycles. The van der Waals surface area contributed by atoms with Crippen molar-refractivity contribution in [2.75, 3.05) is 0 Å². The highest BCUT2D eigenvalue weighted by Crippen LogP contribution is 2.65. The summed E-state index contributed by atoms with van der Waals surface area (Å²) in [5.74, 6) is -5.32. The van der Waals surface area contributed by atoms with Crippen molar-refractivity contribution >= 4 is 29.8 Å². The van der Waals surface area contributed by atoms with Crippen LogP contribution in [0.5, 0.6) is 0 Å². The minimum atomic E-state index is -2.12. The standard InChI is InChI=1S/C28H36O13/c1-12-11-18-28(27(8,41-28)24(34)40-18)23(39-16(5)32)21-25(6,10-9-17(33)26(21,7)35)22(38-15(4)31)20(37-14(3)30)19(12)36-13(2)29/h9-11,17-23,33,35H,1-8H3/b12-11-/t17-,18+,19+,20-,21-,22+,23-,25+,26-,27+,28+/m1/s1. The molecule has 2 fully saturated rings. The van der Waals surface area contributed by atoms with Crippen molar-refractivity contribution in [2.24, 2.45) is 11.3 Å². The number of ether oxygens (including phenoxy) is 6. The van der Waals surface area contributed by atoms with E-state index in [1.807, 2.05) is 0 Å². The van der Waals surface area contributed by atoms with Gasteiger partial charge in [0.2, 0.25) is 0 Å². The Labute approximate surface area is 236 Å². The highest BCUT2D eigenvalue weighted by atomic mass is 16.7. The van der Waals surface area contributed by atoms with Gasteiger partial charge in [-0.15, -0.1) is 0 Å². The summed E-state index contributed by atoms with van der Waals surface area (Å²) in [5.41, 5.74) is -6.82. The maximum Gasteiger partial charge on any atom is 0.342 e. The zero-order valence-electron chi connectivity index (χ0n) is 24.2. The quantitative estimate of drug-likeness (QED) is 0.202. The Morgan fingerprint density at radius 2 is 1.41 bits per heavy atom. The van der Waals surface area contributed by atoms with Gasteiger partial charge < -0.3 is 38.6 Å². The SMILES string of the molecule is CC(=O)O[C@@H]1[C@@H](OC(C)=O)/C(C)=C\[C@@H]2OC(=O)[C@]3(C)O[C@]23[C@H](OC(C)=O)[C@H]2[C@](C)(O)[C@H](O)C=C[C@]2(C)[C@H]1OC(C)=O. The number of esters is 5. The normalized spacial score (nSPS) is 45.9. The first-order chi connectivity index (χ1) is 18.8. The predicted molar refractivity (Wildman–Crippen MR) is 135 cm³/mol. The molecule has 0 amide bonds.